The van der Waals surface area contributed by atoms with Gasteiger partial charge in [0.05, 0.1) is 18.6 Å². The summed E-state index contributed by atoms with van der Waals surface area (Å²) in [4.78, 5) is 19.3. The van der Waals surface area contributed by atoms with E-state index in [0.717, 1.165) is 25.2 Å². The van der Waals surface area contributed by atoms with Crippen LogP contribution in [0.5, 0.6) is 0 Å². The highest BCUT2D eigenvalue weighted by molar-refractivity contribution is 7.92. The largest absolute Gasteiger partial charge is 0.324 e. The zero-order chi connectivity index (χ0) is 22.7. The maximum Gasteiger partial charge on any atom is 0.229 e. The third-order valence-corrected chi connectivity index (χ3v) is 5.38. The van der Waals surface area contributed by atoms with Crippen LogP contribution in [-0.2, 0) is 22.7 Å². The van der Waals surface area contributed by atoms with E-state index in [1.807, 2.05) is 6.07 Å². The van der Waals surface area contributed by atoms with Crippen LogP contribution in [0.2, 0.25) is 0 Å². The number of nitrogens with one attached hydrogen (secondary N) is 2. The lowest BCUT2D eigenvalue weighted by molar-refractivity contribution is 0.313. The molecule has 0 saturated carbocycles. The van der Waals surface area contributed by atoms with Gasteiger partial charge in [-0.05, 0) is 36.7 Å². The molecular formula is C21H23N9OS. The monoisotopic (exact) mass is 449 g/mol. The van der Waals surface area contributed by atoms with Crippen molar-refractivity contribution in [2.24, 2.45) is 4.36 Å². The number of likely N-dealkylation sites (N-methyl/N-ethyl adjacent to an activating group) is 1. The van der Waals surface area contributed by atoms with Gasteiger partial charge in [0.2, 0.25) is 5.95 Å². The molecule has 1 aliphatic heterocycles. The second-order valence-electron chi connectivity index (χ2n) is 7.82. The van der Waals surface area contributed by atoms with Gasteiger partial charge in [-0.3, -0.25) is 4.98 Å². The smallest absolute Gasteiger partial charge is 0.229 e. The second-order valence-corrected chi connectivity index (χ2v) is 10.4. The van der Waals surface area contributed by atoms with Crippen molar-refractivity contribution in [2.45, 2.75) is 13.0 Å². The van der Waals surface area contributed by atoms with Crippen LogP contribution in [0.3, 0.4) is 0 Å². The number of hydrogen-bond acceptors (Lipinski definition) is 10. The second kappa shape index (κ2) is 8.86. The highest BCUT2D eigenvalue weighted by Gasteiger charge is 2.14. The average Bonchev–Trinajstić information content (AvgIpc) is 2.73. The molecule has 164 valence electrons. The molecule has 1 aliphatic rings. The first-order valence-corrected chi connectivity index (χ1v) is 12.2. The van der Waals surface area contributed by atoms with Gasteiger partial charge in [-0.2, -0.15) is 14.6 Å². The molecule has 4 rings (SSSR count). The summed E-state index contributed by atoms with van der Waals surface area (Å²) in [7, 11) is -0.271. The van der Waals surface area contributed by atoms with E-state index in [2.05, 4.69) is 65.1 Å². The summed E-state index contributed by atoms with van der Waals surface area (Å²) in [5.41, 5.74) is 3.75. The minimum atomic E-state index is -2.38. The minimum absolute atomic E-state index is 0.231. The molecule has 10 nitrogen and oxygen atoms in total. The van der Waals surface area contributed by atoms with Crippen molar-refractivity contribution < 1.29 is 4.21 Å². The maximum absolute atomic E-state index is 11.9. The van der Waals surface area contributed by atoms with Gasteiger partial charge in [0.25, 0.3) is 0 Å². The molecule has 3 heterocycles. The number of nitrogens with zero attached hydrogens (tertiary/aromatic N) is 7. The number of benzene rings is 1. The van der Waals surface area contributed by atoms with Crippen LogP contribution in [0.15, 0.2) is 41.2 Å². The summed E-state index contributed by atoms with van der Waals surface area (Å²) >= 11 is 0. The van der Waals surface area contributed by atoms with Crippen molar-refractivity contribution in [1.82, 2.24) is 24.8 Å². The van der Waals surface area contributed by atoms with Crippen molar-refractivity contribution in [2.75, 3.05) is 36.7 Å². The third kappa shape index (κ3) is 5.35. The summed E-state index contributed by atoms with van der Waals surface area (Å²) in [6.07, 6.45) is 8.40. The van der Waals surface area contributed by atoms with E-state index in [-0.39, 0.29) is 17.2 Å². The van der Waals surface area contributed by atoms with Gasteiger partial charge in [-0.1, -0.05) is 6.07 Å². The van der Waals surface area contributed by atoms with Crippen molar-refractivity contribution in [3.63, 3.8) is 0 Å². The summed E-state index contributed by atoms with van der Waals surface area (Å²) in [6.45, 7) is 1.95. The Kier molecular flexibility index (Phi) is 5.98. The molecule has 0 spiro atoms. The topological polar surface area (TPSA) is 132 Å². The predicted molar refractivity (Wildman–Crippen MR) is 124 cm³/mol. The zero-order valence-corrected chi connectivity index (χ0v) is 18.8. The Hall–Kier alpha value is -3.62. The molecule has 32 heavy (non-hydrogen) atoms. The molecule has 0 aliphatic carbocycles. The molecule has 2 N–H and O–H groups in total. The third-order valence-electron chi connectivity index (χ3n) is 4.76. The SMILES string of the molecule is CN1CCc2ccc(Nc3ncc(C#N)c(Nc4cncc(N=S(C)(C)=O)n4)n3)cc2C1. The van der Waals surface area contributed by atoms with Crippen molar-refractivity contribution in [1.29, 1.82) is 5.26 Å². The Balaban J connectivity index is 1.59. The summed E-state index contributed by atoms with van der Waals surface area (Å²) in [6, 6.07) is 8.29. The molecule has 0 bridgehead atoms. The summed E-state index contributed by atoms with van der Waals surface area (Å²) in [5, 5.41) is 15.6. The molecule has 11 heteroatoms. The van der Waals surface area contributed by atoms with Gasteiger partial charge < -0.3 is 15.5 Å². The summed E-state index contributed by atoms with van der Waals surface area (Å²) in [5.74, 6) is 1.18. The Morgan fingerprint density at radius 1 is 1.16 bits per heavy atom. The normalized spacial score (nSPS) is 13.7. The Morgan fingerprint density at radius 2 is 2.00 bits per heavy atom. The van der Waals surface area contributed by atoms with E-state index >= 15 is 0 Å². The fraction of sp³-hybridized carbons (Fsp3) is 0.286. The van der Waals surface area contributed by atoms with Gasteiger partial charge in [-0.25, -0.2) is 14.2 Å². The van der Waals surface area contributed by atoms with E-state index in [4.69, 9.17) is 0 Å². The molecule has 2 aromatic heterocycles. The molecule has 0 atom stereocenters. The van der Waals surface area contributed by atoms with Gasteiger partial charge >= 0.3 is 0 Å². The Morgan fingerprint density at radius 3 is 2.78 bits per heavy atom. The molecular weight excluding hydrogens is 426 g/mol. The van der Waals surface area contributed by atoms with Crippen LogP contribution in [-0.4, -0.2) is 55.1 Å². The molecule has 0 saturated heterocycles. The van der Waals surface area contributed by atoms with Gasteiger partial charge in [0, 0.05) is 41.0 Å². The Labute approximate surface area is 187 Å². The number of aromatic nitrogens is 4. The number of nitriles is 1. The Bertz CT molecular complexity index is 1320. The molecule has 0 amide bonds. The van der Waals surface area contributed by atoms with Crippen LogP contribution in [0, 0.1) is 11.3 Å². The molecule has 0 unspecified atom stereocenters. The first-order chi connectivity index (χ1) is 15.3. The molecule has 0 radical (unpaired) electrons. The highest BCUT2D eigenvalue weighted by Crippen LogP contribution is 2.25. The lowest BCUT2D eigenvalue weighted by atomic mass is 9.99. The van der Waals surface area contributed by atoms with E-state index < -0.39 is 9.73 Å². The van der Waals surface area contributed by atoms with Crippen LogP contribution in [0.4, 0.5) is 29.1 Å². The first-order valence-electron chi connectivity index (χ1n) is 9.90. The van der Waals surface area contributed by atoms with Gasteiger partial charge in [-0.15, -0.1) is 0 Å². The number of anilines is 4. The molecule has 0 fully saturated rings. The van der Waals surface area contributed by atoms with Crippen LogP contribution in [0.1, 0.15) is 16.7 Å². The summed E-state index contributed by atoms with van der Waals surface area (Å²) < 4.78 is 16.0. The fourth-order valence-corrected chi connectivity index (χ4v) is 3.87. The zero-order valence-electron chi connectivity index (χ0n) is 18.0. The standard InChI is InChI=1S/C21H23N9OS/c1-30-7-6-14-4-5-17(8-15(14)13-30)25-21-24-10-16(9-22)20(28-21)27-18-11-23-12-19(26-18)29-32(2,3)31/h4-5,8,10-12H,6-7,13H2,1-3H3,(H2,24,25,26,27,28). The number of fused-ring (bicyclic) bond motifs is 1. The number of rotatable bonds is 5. The lowest BCUT2D eigenvalue weighted by Crippen LogP contribution is -2.26. The van der Waals surface area contributed by atoms with Crippen molar-refractivity contribution >= 4 is 38.8 Å². The van der Waals surface area contributed by atoms with E-state index in [1.54, 1.807) is 0 Å². The predicted octanol–water partition coefficient (Wildman–Crippen LogP) is 2.97. The maximum atomic E-state index is 11.9. The molecule has 1 aromatic carbocycles. The van der Waals surface area contributed by atoms with Gasteiger partial charge in [0.15, 0.2) is 17.5 Å². The first kappa shape index (κ1) is 21.6. The van der Waals surface area contributed by atoms with Crippen molar-refractivity contribution in [3.05, 3.63) is 53.5 Å². The number of hydrogen-bond donors (Lipinski definition) is 2. The van der Waals surface area contributed by atoms with Crippen LogP contribution < -0.4 is 10.6 Å². The van der Waals surface area contributed by atoms with Gasteiger partial charge in [0.1, 0.15) is 11.6 Å². The van der Waals surface area contributed by atoms with Crippen LogP contribution in [0.25, 0.3) is 0 Å². The quantitative estimate of drug-likeness (QED) is 0.603. The van der Waals surface area contributed by atoms with Crippen LogP contribution >= 0.6 is 0 Å². The minimum Gasteiger partial charge on any atom is -0.324 e. The highest BCUT2D eigenvalue weighted by atomic mass is 32.2. The average molecular weight is 450 g/mol. The van der Waals surface area contributed by atoms with E-state index in [1.165, 1.54) is 42.2 Å². The lowest BCUT2D eigenvalue weighted by Gasteiger charge is -2.25. The molecule has 3 aromatic rings. The van der Waals surface area contributed by atoms with Crippen molar-refractivity contribution in [3.8, 4) is 6.07 Å². The van der Waals surface area contributed by atoms with E-state index in [0.29, 0.717) is 11.8 Å². The van der Waals surface area contributed by atoms with E-state index in [9.17, 15) is 9.47 Å². The fourth-order valence-electron chi connectivity index (χ4n) is 3.33.